The van der Waals surface area contributed by atoms with Gasteiger partial charge in [-0.05, 0) is 18.2 Å². The maximum absolute atomic E-state index is 12.1. The highest BCUT2D eigenvalue weighted by Crippen LogP contribution is 2.29. The number of imide groups is 1. The van der Waals surface area contributed by atoms with Gasteiger partial charge in [-0.15, -0.1) is 0 Å². The first-order chi connectivity index (χ1) is 10.9. The molecule has 0 radical (unpaired) electrons. The highest BCUT2D eigenvalue weighted by Gasteiger charge is 2.35. The van der Waals surface area contributed by atoms with Gasteiger partial charge < -0.3 is 9.73 Å². The van der Waals surface area contributed by atoms with E-state index in [0.717, 1.165) is 17.0 Å². The second-order valence-electron chi connectivity index (χ2n) is 4.75. The van der Waals surface area contributed by atoms with Gasteiger partial charge in [0.15, 0.2) is 5.76 Å². The lowest BCUT2D eigenvalue weighted by Crippen LogP contribution is -2.24. The van der Waals surface area contributed by atoms with Crippen molar-refractivity contribution in [3.8, 4) is 0 Å². The van der Waals surface area contributed by atoms with Crippen molar-refractivity contribution >= 4 is 29.3 Å². The summed E-state index contributed by atoms with van der Waals surface area (Å²) in [6.07, 6.45) is 0. The Morgan fingerprint density at radius 2 is 1.96 bits per heavy atom. The van der Waals surface area contributed by atoms with Gasteiger partial charge in [0.1, 0.15) is 4.92 Å². The van der Waals surface area contributed by atoms with Crippen LogP contribution in [0.1, 0.15) is 31.3 Å². The fraction of sp³-hybridized carbons (Fsp3) is 0.0714. The van der Waals surface area contributed by atoms with Crippen molar-refractivity contribution in [2.24, 2.45) is 0 Å². The van der Waals surface area contributed by atoms with Crippen molar-refractivity contribution in [1.29, 1.82) is 0 Å². The lowest BCUT2D eigenvalue weighted by atomic mass is 10.1. The van der Waals surface area contributed by atoms with Gasteiger partial charge >= 0.3 is 5.88 Å². The van der Waals surface area contributed by atoms with E-state index in [2.05, 4.69) is 5.32 Å². The van der Waals surface area contributed by atoms with Crippen LogP contribution in [0.3, 0.4) is 0 Å². The number of fused-ring (bicyclic) bond motifs is 1. The van der Waals surface area contributed by atoms with Crippen molar-refractivity contribution in [3.63, 3.8) is 0 Å². The molecule has 1 aromatic carbocycles. The Balaban J connectivity index is 1.93. The van der Waals surface area contributed by atoms with Gasteiger partial charge in [-0.2, -0.15) is 0 Å². The van der Waals surface area contributed by atoms with Crippen LogP contribution in [0.4, 0.5) is 11.6 Å². The average Bonchev–Trinajstić information content (AvgIpc) is 3.09. The van der Waals surface area contributed by atoms with E-state index in [4.69, 9.17) is 4.42 Å². The lowest BCUT2D eigenvalue weighted by molar-refractivity contribution is -0.402. The van der Waals surface area contributed by atoms with Crippen LogP contribution in [-0.4, -0.2) is 34.6 Å². The number of furan rings is 1. The first-order valence-corrected chi connectivity index (χ1v) is 6.41. The smallest absolute Gasteiger partial charge is 0.395 e. The van der Waals surface area contributed by atoms with Gasteiger partial charge in [0.05, 0.1) is 22.9 Å². The van der Waals surface area contributed by atoms with Crippen molar-refractivity contribution in [2.75, 3.05) is 12.4 Å². The van der Waals surface area contributed by atoms with Crippen LogP contribution in [0.25, 0.3) is 0 Å². The summed E-state index contributed by atoms with van der Waals surface area (Å²) in [5, 5.41) is 13.0. The van der Waals surface area contributed by atoms with Crippen molar-refractivity contribution in [3.05, 3.63) is 57.3 Å². The number of nitro groups is 1. The zero-order chi connectivity index (χ0) is 16.7. The van der Waals surface area contributed by atoms with E-state index in [1.807, 2.05) is 0 Å². The molecule has 9 nitrogen and oxygen atoms in total. The minimum absolute atomic E-state index is 0.0782. The summed E-state index contributed by atoms with van der Waals surface area (Å²) in [5.74, 6) is -2.61. The third kappa shape index (κ3) is 2.24. The number of anilines is 1. The van der Waals surface area contributed by atoms with Gasteiger partial charge in [0.25, 0.3) is 17.7 Å². The maximum Gasteiger partial charge on any atom is 0.433 e. The Hall–Kier alpha value is -3.49. The number of rotatable bonds is 3. The molecule has 1 aliphatic heterocycles. The molecule has 0 bridgehead atoms. The molecule has 1 aromatic heterocycles. The quantitative estimate of drug-likeness (QED) is 0.522. The highest BCUT2D eigenvalue weighted by molar-refractivity contribution is 6.24. The van der Waals surface area contributed by atoms with E-state index in [0.29, 0.717) is 0 Å². The standard InChI is InChI=1S/C14H9N3O6/c1-16-13(19)7-3-2-4-8(11(7)14(16)20)15-12(18)9-5-6-10(23-9)17(21)22/h2-6H,1H3,(H,15,18). The second-order valence-corrected chi connectivity index (χ2v) is 4.75. The Bertz CT molecular complexity index is 869. The first kappa shape index (κ1) is 14.4. The predicted octanol–water partition coefficient (Wildman–Crippen LogP) is 1.67. The Morgan fingerprint density at radius 3 is 2.61 bits per heavy atom. The average molecular weight is 315 g/mol. The Morgan fingerprint density at radius 1 is 1.22 bits per heavy atom. The molecule has 23 heavy (non-hydrogen) atoms. The molecule has 0 atom stereocenters. The minimum Gasteiger partial charge on any atom is -0.395 e. The molecule has 2 aromatic rings. The molecule has 3 rings (SSSR count). The number of carbonyl (C=O) groups excluding carboxylic acids is 3. The van der Waals surface area contributed by atoms with Crippen LogP contribution in [0.5, 0.6) is 0 Å². The fourth-order valence-electron chi connectivity index (χ4n) is 2.24. The van der Waals surface area contributed by atoms with E-state index in [-0.39, 0.29) is 22.6 Å². The molecule has 0 unspecified atom stereocenters. The van der Waals surface area contributed by atoms with Crippen molar-refractivity contribution in [2.45, 2.75) is 0 Å². The third-order valence-electron chi connectivity index (χ3n) is 3.36. The predicted molar refractivity (Wildman–Crippen MR) is 76.2 cm³/mol. The van der Waals surface area contributed by atoms with Gasteiger partial charge in [0.2, 0.25) is 0 Å². The zero-order valence-corrected chi connectivity index (χ0v) is 11.7. The Kier molecular flexibility index (Phi) is 3.17. The number of nitrogens with zero attached hydrogens (tertiary/aromatic N) is 2. The minimum atomic E-state index is -0.770. The number of hydrogen-bond acceptors (Lipinski definition) is 6. The summed E-state index contributed by atoms with van der Waals surface area (Å²) < 4.78 is 4.79. The van der Waals surface area contributed by atoms with Crippen molar-refractivity contribution < 1.29 is 23.7 Å². The van der Waals surface area contributed by atoms with Gasteiger partial charge in [0, 0.05) is 7.05 Å². The number of benzene rings is 1. The lowest BCUT2D eigenvalue weighted by Gasteiger charge is -2.07. The monoisotopic (exact) mass is 315 g/mol. The molecule has 3 amide bonds. The summed E-state index contributed by atoms with van der Waals surface area (Å²) in [6.45, 7) is 0. The molecule has 116 valence electrons. The largest absolute Gasteiger partial charge is 0.433 e. The van der Waals surface area contributed by atoms with Crippen LogP contribution < -0.4 is 5.32 Å². The molecule has 0 aliphatic carbocycles. The summed E-state index contributed by atoms with van der Waals surface area (Å²) in [5.41, 5.74) is 0.393. The number of nitrogens with one attached hydrogen (secondary N) is 1. The molecule has 1 aliphatic rings. The molecule has 9 heteroatoms. The fourth-order valence-corrected chi connectivity index (χ4v) is 2.24. The highest BCUT2D eigenvalue weighted by atomic mass is 16.6. The van der Waals surface area contributed by atoms with E-state index in [1.54, 1.807) is 0 Å². The van der Waals surface area contributed by atoms with Crippen LogP contribution in [-0.2, 0) is 0 Å². The summed E-state index contributed by atoms with van der Waals surface area (Å²) >= 11 is 0. The Labute approximate surface area is 128 Å². The van der Waals surface area contributed by atoms with E-state index >= 15 is 0 Å². The van der Waals surface area contributed by atoms with E-state index < -0.39 is 28.5 Å². The van der Waals surface area contributed by atoms with E-state index in [1.165, 1.54) is 25.2 Å². The van der Waals surface area contributed by atoms with Crippen LogP contribution in [0.2, 0.25) is 0 Å². The number of hydrogen-bond donors (Lipinski definition) is 1. The summed E-state index contributed by atoms with van der Waals surface area (Å²) in [4.78, 5) is 46.8. The molecule has 0 saturated carbocycles. The van der Waals surface area contributed by atoms with Crippen molar-refractivity contribution in [1.82, 2.24) is 4.90 Å². The number of carbonyl (C=O) groups is 3. The second kappa shape index (κ2) is 5.05. The van der Waals surface area contributed by atoms with Crippen LogP contribution in [0.15, 0.2) is 34.7 Å². The molecular formula is C14H9N3O6. The number of amides is 3. The zero-order valence-electron chi connectivity index (χ0n) is 11.7. The summed E-state index contributed by atoms with van der Waals surface area (Å²) in [6, 6.07) is 6.65. The molecule has 0 saturated heterocycles. The van der Waals surface area contributed by atoms with Gasteiger partial charge in [-0.1, -0.05) is 6.07 Å². The van der Waals surface area contributed by atoms with Crippen LogP contribution >= 0.6 is 0 Å². The molecule has 1 N–H and O–H groups in total. The molecule has 0 fully saturated rings. The molecule has 0 spiro atoms. The third-order valence-corrected chi connectivity index (χ3v) is 3.36. The molecular weight excluding hydrogens is 306 g/mol. The van der Waals surface area contributed by atoms with Gasteiger partial charge in [-0.25, -0.2) is 0 Å². The first-order valence-electron chi connectivity index (χ1n) is 6.41. The van der Waals surface area contributed by atoms with Crippen LogP contribution in [0, 0.1) is 10.1 Å². The molecule has 2 heterocycles. The van der Waals surface area contributed by atoms with Gasteiger partial charge in [-0.3, -0.25) is 29.4 Å². The van der Waals surface area contributed by atoms with E-state index in [9.17, 15) is 24.5 Å². The topological polar surface area (TPSA) is 123 Å². The SMILES string of the molecule is CN1C(=O)c2cccc(NC(=O)c3ccc([N+](=O)[O-])o3)c2C1=O. The summed E-state index contributed by atoms with van der Waals surface area (Å²) in [7, 11) is 1.34. The maximum atomic E-state index is 12.1. The normalized spacial score (nSPS) is 13.2.